The predicted molar refractivity (Wildman–Crippen MR) is 101 cm³/mol. The Kier molecular flexibility index (Phi) is 5.19. The van der Waals surface area contributed by atoms with Crippen LogP contribution in [0, 0.1) is 0 Å². The van der Waals surface area contributed by atoms with Gasteiger partial charge in [0.25, 0.3) is 0 Å². The molecule has 5 heteroatoms. The van der Waals surface area contributed by atoms with Crippen LogP contribution in [0.5, 0.6) is 0 Å². The summed E-state index contributed by atoms with van der Waals surface area (Å²) in [5.41, 5.74) is -0.390. The Hall–Kier alpha value is -2.14. The molecule has 0 bridgehead atoms. The van der Waals surface area contributed by atoms with Crippen molar-refractivity contribution < 1.29 is 14.7 Å². The molecule has 2 amide bonds. The van der Waals surface area contributed by atoms with Crippen molar-refractivity contribution in [3.8, 4) is 0 Å². The maximum absolute atomic E-state index is 13.5. The Morgan fingerprint density at radius 2 is 1.81 bits per heavy atom. The van der Waals surface area contributed by atoms with E-state index in [1.807, 2.05) is 30.3 Å². The summed E-state index contributed by atoms with van der Waals surface area (Å²) >= 11 is 0. The Bertz CT molecular complexity index is 674. The van der Waals surface area contributed by atoms with E-state index in [1.165, 1.54) is 6.08 Å². The highest BCUT2D eigenvalue weighted by atomic mass is 16.3. The van der Waals surface area contributed by atoms with Crippen LogP contribution in [0.3, 0.4) is 0 Å². The molecular formula is C21H28N2O3. The summed E-state index contributed by atoms with van der Waals surface area (Å²) < 4.78 is 0. The molecule has 1 aliphatic carbocycles. The molecule has 0 atom stereocenters. The summed E-state index contributed by atoms with van der Waals surface area (Å²) in [7, 11) is 1.78. The molecule has 1 aromatic carbocycles. The number of hydrogen-bond acceptors (Lipinski definition) is 3. The maximum Gasteiger partial charge on any atom is 0.245 e. The molecule has 1 N–H and O–H groups in total. The van der Waals surface area contributed by atoms with Gasteiger partial charge in [-0.05, 0) is 43.7 Å². The highest BCUT2D eigenvalue weighted by Gasteiger charge is 2.46. The number of hydrogen-bond donors (Lipinski definition) is 1. The van der Waals surface area contributed by atoms with E-state index < -0.39 is 11.0 Å². The summed E-state index contributed by atoms with van der Waals surface area (Å²) in [6, 6.07) is 9.83. The van der Waals surface area contributed by atoms with Crippen molar-refractivity contribution in [1.82, 2.24) is 9.80 Å². The van der Waals surface area contributed by atoms with Gasteiger partial charge in [-0.25, -0.2) is 0 Å². The van der Waals surface area contributed by atoms with Crippen molar-refractivity contribution in [3.05, 3.63) is 48.6 Å². The molecule has 3 rings (SSSR count). The maximum atomic E-state index is 13.5. The number of carbonyl (C=O) groups is 2. The molecule has 1 heterocycles. The number of piperidine rings is 1. The second-order valence-corrected chi connectivity index (χ2v) is 7.72. The summed E-state index contributed by atoms with van der Waals surface area (Å²) in [6.07, 6.45) is 5.02. The minimum absolute atomic E-state index is 0.0368. The molecule has 1 saturated heterocycles. The summed E-state index contributed by atoms with van der Waals surface area (Å²) in [4.78, 5) is 28.8. The van der Waals surface area contributed by atoms with Crippen LogP contribution in [-0.2, 0) is 15.0 Å². The van der Waals surface area contributed by atoms with Crippen LogP contribution in [0.25, 0.3) is 0 Å². The number of likely N-dealkylation sites (N-methyl/N-ethyl adjacent to an activating group) is 1. The summed E-state index contributed by atoms with van der Waals surface area (Å²) in [6.45, 7) is 4.99. The standard InChI is InChI=1S/C21H28N2O3/c1-3-18(24)23-14-12-21(13-15-23,17-8-5-4-6-9-17)19(25)22(2)16-20(26)10-7-11-20/h3-6,8-9,26H,1,7,10-16H2,2H3. The van der Waals surface area contributed by atoms with Crippen molar-refractivity contribution in [3.63, 3.8) is 0 Å². The lowest BCUT2D eigenvalue weighted by Crippen LogP contribution is -2.56. The largest absolute Gasteiger partial charge is 0.388 e. The van der Waals surface area contributed by atoms with Crippen molar-refractivity contribution in [2.45, 2.75) is 43.1 Å². The van der Waals surface area contributed by atoms with Gasteiger partial charge in [0.05, 0.1) is 11.0 Å². The van der Waals surface area contributed by atoms with Crippen LogP contribution >= 0.6 is 0 Å². The molecule has 1 aromatic rings. The first kappa shape index (κ1) is 18.6. The second kappa shape index (κ2) is 7.23. The van der Waals surface area contributed by atoms with E-state index in [4.69, 9.17) is 0 Å². The van der Waals surface area contributed by atoms with E-state index in [0.29, 0.717) is 32.5 Å². The number of carbonyl (C=O) groups excluding carboxylic acids is 2. The van der Waals surface area contributed by atoms with E-state index in [0.717, 1.165) is 24.8 Å². The lowest BCUT2D eigenvalue weighted by molar-refractivity contribution is -0.145. The molecule has 1 aliphatic heterocycles. The van der Waals surface area contributed by atoms with E-state index >= 15 is 0 Å². The molecule has 26 heavy (non-hydrogen) atoms. The first-order chi connectivity index (χ1) is 12.4. The molecule has 0 spiro atoms. The quantitative estimate of drug-likeness (QED) is 0.822. The third-order valence-corrected chi connectivity index (χ3v) is 6.00. The molecule has 2 fully saturated rings. The lowest BCUT2D eigenvalue weighted by atomic mass is 9.71. The Morgan fingerprint density at radius 3 is 2.31 bits per heavy atom. The average Bonchev–Trinajstić information content (AvgIpc) is 2.66. The highest BCUT2D eigenvalue weighted by molar-refractivity contribution is 5.90. The smallest absolute Gasteiger partial charge is 0.245 e. The van der Waals surface area contributed by atoms with Crippen LogP contribution in [0.2, 0.25) is 0 Å². The molecule has 0 aromatic heterocycles. The average molecular weight is 356 g/mol. The molecular weight excluding hydrogens is 328 g/mol. The van der Waals surface area contributed by atoms with Gasteiger partial charge in [0, 0.05) is 26.7 Å². The van der Waals surface area contributed by atoms with Gasteiger partial charge >= 0.3 is 0 Å². The zero-order valence-electron chi connectivity index (χ0n) is 15.5. The SMILES string of the molecule is C=CC(=O)N1CCC(C(=O)N(C)CC2(O)CCC2)(c2ccccc2)CC1. The number of likely N-dealkylation sites (tertiary alicyclic amines) is 1. The molecule has 2 aliphatic rings. The number of aliphatic hydroxyl groups is 1. The summed E-state index contributed by atoms with van der Waals surface area (Å²) in [5.74, 6) is -0.0500. The molecule has 5 nitrogen and oxygen atoms in total. The lowest BCUT2D eigenvalue weighted by Gasteiger charge is -2.45. The van der Waals surface area contributed by atoms with Gasteiger partial charge in [-0.15, -0.1) is 0 Å². The molecule has 140 valence electrons. The predicted octanol–water partition coefficient (Wildman–Crippen LogP) is 2.11. The van der Waals surface area contributed by atoms with Gasteiger partial charge in [-0.3, -0.25) is 9.59 Å². The van der Waals surface area contributed by atoms with Gasteiger partial charge in [-0.2, -0.15) is 0 Å². The zero-order valence-corrected chi connectivity index (χ0v) is 15.5. The highest BCUT2D eigenvalue weighted by Crippen LogP contribution is 2.39. The number of rotatable bonds is 5. The fourth-order valence-corrected chi connectivity index (χ4v) is 4.24. The van der Waals surface area contributed by atoms with Crippen LogP contribution in [0.15, 0.2) is 43.0 Å². The van der Waals surface area contributed by atoms with E-state index in [-0.39, 0.29) is 11.8 Å². The minimum atomic E-state index is -0.734. The first-order valence-electron chi connectivity index (χ1n) is 9.35. The number of nitrogens with zero attached hydrogens (tertiary/aromatic N) is 2. The third kappa shape index (κ3) is 3.40. The molecule has 1 saturated carbocycles. The van der Waals surface area contributed by atoms with Crippen LogP contribution in [-0.4, -0.2) is 59.0 Å². The molecule has 0 unspecified atom stereocenters. The Balaban J connectivity index is 1.83. The fraction of sp³-hybridized carbons (Fsp3) is 0.524. The molecule has 0 radical (unpaired) electrons. The van der Waals surface area contributed by atoms with Crippen LogP contribution in [0.1, 0.15) is 37.7 Å². The fourth-order valence-electron chi connectivity index (χ4n) is 4.24. The van der Waals surface area contributed by atoms with E-state index in [2.05, 4.69) is 6.58 Å². The Labute approximate surface area is 155 Å². The van der Waals surface area contributed by atoms with Crippen LogP contribution < -0.4 is 0 Å². The minimum Gasteiger partial charge on any atom is -0.388 e. The topological polar surface area (TPSA) is 60.9 Å². The summed E-state index contributed by atoms with van der Waals surface area (Å²) in [5, 5.41) is 10.5. The van der Waals surface area contributed by atoms with Gasteiger partial charge in [0.15, 0.2) is 0 Å². The van der Waals surface area contributed by atoms with Crippen molar-refractivity contribution >= 4 is 11.8 Å². The van der Waals surface area contributed by atoms with Crippen LogP contribution in [0.4, 0.5) is 0 Å². The van der Waals surface area contributed by atoms with Gasteiger partial charge in [-0.1, -0.05) is 36.9 Å². The second-order valence-electron chi connectivity index (χ2n) is 7.72. The van der Waals surface area contributed by atoms with Gasteiger partial charge < -0.3 is 14.9 Å². The third-order valence-electron chi connectivity index (χ3n) is 6.00. The number of amides is 2. The van der Waals surface area contributed by atoms with Crippen molar-refractivity contribution in [1.29, 1.82) is 0 Å². The van der Waals surface area contributed by atoms with E-state index in [9.17, 15) is 14.7 Å². The number of benzene rings is 1. The first-order valence-corrected chi connectivity index (χ1v) is 9.35. The van der Waals surface area contributed by atoms with E-state index in [1.54, 1.807) is 16.8 Å². The Morgan fingerprint density at radius 1 is 1.19 bits per heavy atom. The zero-order chi connectivity index (χ0) is 18.8. The van der Waals surface area contributed by atoms with Gasteiger partial charge in [0.1, 0.15) is 0 Å². The normalized spacial score (nSPS) is 20.8. The van der Waals surface area contributed by atoms with Crippen molar-refractivity contribution in [2.24, 2.45) is 0 Å². The van der Waals surface area contributed by atoms with Gasteiger partial charge in [0.2, 0.25) is 11.8 Å². The monoisotopic (exact) mass is 356 g/mol. The van der Waals surface area contributed by atoms with Crippen molar-refractivity contribution in [2.75, 3.05) is 26.7 Å².